The van der Waals surface area contributed by atoms with Crippen molar-refractivity contribution in [2.45, 2.75) is 6.92 Å². The second-order valence-corrected chi connectivity index (χ2v) is 7.40. The summed E-state index contributed by atoms with van der Waals surface area (Å²) in [4.78, 5) is 13.4. The molecule has 1 heterocycles. The second-order valence-electron chi connectivity index (χ2n) is 6.37. The maximum Gasteiger partial charge on any atom is 0.273 e. The molecule has 1 aromatic heterocycles. The zero-order chi connectivity index (χ0) is 22.5. The van der Waals surface area contributed by atoms with Crippen LogP contribution in [-0.4, -0.2) is 25.9 Å². The highest BCUT2D eigenvalue weighted by Crippen LogP contribution is 2.39. The van der Waals surface area contributed by atoms with Crippen molar-refractivity contribution in [3.05, 3.63) is 67.1 Å². The molecule has 3 rings (SSSR count). The average molecular weight is 433 g/mol. The number of benzene rings is 2. The van der Waals surface area contributed by atoms with Gasteiger partial charge in [0.15, 0.2) is 17.1 Å². The van der Waals surface area contributed by atoms with Crippen molar-refractivity contribution in [3.63, 3.8) is 0 Å². The Balaban J connectivity index is 2.43. The van der Waals surface area contributed by atoms with Crippen molar-refractivity contribution in [1.29, 1.82) is 10.5 Å². The van der Waals surface area contributed by atoms with Crippen LogP contribution in [0, 0.1) is 29.6 Å². The van der Waals surface area contributed by atoms with Crippen LogP contribution < -0.4 is 29.0 Å². The summed E-state index contributed by atoms with van der Waals surface area (Å²) < 4.78 is 18.2. The number of hydrogen-bond donors (Lipinski definition) is 0. The Kier molecular flexibility index (Phi) is 6.44. The number of aromatic nitrogens is 1. The minimum Gasteiger partial charge on any atom is -0.493 e. The minimum atomic E-state index is -0.339. The molecule has 0 aliphatic carbocycles. The predicted octanol–water partition coefficient (Wildman–Crippen LogP) is 2.26. The van der Waals surface area contributed by atoms with Gasteiger partial charge in [-0.2, -0.15) is 10.5 Å². The van der Waals surface area contributed by atoms with Crippen LogP contribution in [0.1, 0.15) is 11.1 Å². The van der Waals surface area contributed by atoms with Crippen molar-refractivity contribution >= 4 is 23.0 Å². The fourth-order valence-corrected chi connectivity index (χ4v) is 4.22. The zero-order valence-corrected chi connectivity index (χ0v) is 18.2. The van der Waals surface area contributed by atoms with Gasteiger partial charge in [-0.1, -0.05) is 18.2 Å². The smallest absolute Gasteiger partial charge is 0.273 e. The molecule has 156 valence electrons. The quantitative estimate of drug-likeness (QED) is 0.612. The van der Waals surface area contributed by atoms with Gasteiger partial charge in [-0.05, 0) is 36.8 Å². The van der Waals surface area contributed by atoms with E-state index in [0.717, 1.165) is 16.9 Å². The molecule has 0 N–H and O–H groups in total. The Hall–Kier alpha value is -4.01. The Labute approximate surface area is 182 Å². The van der Waals surface area contributed by atoms with E-state index in [4.69, 9.17) is 14.2 Å². The number of para-hydroxylation sites is 1. The molecule has 0 spiro atoms. The lowest BCUT2D eigenvalue weighted by atomic mass is 10.1. The maximum atomic E-state index is 13.4. The topological polar surface area (TPSA) is 97.3 Å². The average Bonchev–Trinajstić information content (AvgIpc) is 3.10. The molecule has 0 fully saturated rings. The van der Waals surface area contributed by atoms with Gasteiger partial charge in [-0.25, -0.2) is 0 Å². The van der Waals surface area contributed by atoms with Crippen LogP contribution in [0.15, 0.2) is 41.2 Å². The molecule has 0 aliphatic rings. The number of aryl methyl sites for hydroxylation is 1. The van der Waals surface area contributed by atoms with Crippen molar-refractivity contribution in [2.24, 2.45) is 0 Å². The molecule has 0 radical (unpaired) electrons. The fraction of sp³-hybridized carbons (Fsp3) is 0.174. The van der Waals surface area contributed by atoms with E-state index in [1.807, 2.05) is 31.2 Å². The highest BCUT2D eigenvalue weighted by Gasteiger charge is 2.17. The Bertz CT molecular complexity index is 1390. The first-order chi connectivity index (χ1) is 15.0. The first-order valence-corrected chi connectivity index (χ1v) is 9.95. The molecule has 0 atom stereocenters. The van der Waals surface area contributed by atoms with Gasteiger partial charge in [0.2, 0.25) is 5.75 Å². The Morgan fingerprint density at radius 3 is 2.26 bits per heavy atom. The van der Waals surface area contributed by atoms with Crippen molar-refractivity contribution in [2.75, 3.05) is 21.3 Å². The van der Waals surface area contributed by atoms with E-state index in [2.05, 4.69) is 0 Å². The number of ether oxygens (including phenoxy) is 3. The van der Waals surface area contributed by atoms with Crippen LogP contribution in [0.4, 0.5) is 0 Å². The van der Waals surface area contributed by atoms with Gasteiger partial charge in [-0.3, -0.25) is 9.36 Å². The normalized spacial score (nSPS) is 10.8. The van der Waals surface area contributed by atoms with E-state index in [0.29, 0.717) is 33.0 Å². The van der Waals surface area contributed by atoms with E-state index < -0.39 is 0 Å². The molecule has 2 aromatic carbocycles. The molecule has 0 saturated carbocycles. The van der Waals surface area contributed by atoms with Gasteiger partial charge in [0.1, 0.15) is 16.8 Å². The molecule has 0 aliphatic heterocycles. The van der Waals surface area contributed by atoms with Crippen LogP contribution >= 0.6 is 11.3 Å². The summed E-state index contributed by atoms with van der Waals surface area (Å²) in [7, 11) is 4.52. The number of rotatable bonds is 5. The summed E-state index contributed by atoms with van der Waals surface area (Å²) in [6.07, 6.45) is 1.65. The van der Waals surface area contributed by atoms with Crippen LogP contribution in [0.5, 0.6) is 17.2 Å². The molecule has 7 nitrogen and oxygen atoms in total. The SMILES string of the molecule is COc1ccc(C=c2sc(=C(C#N)C#N)n(-c3ccccc3C)c2=O)c(OC)c1OC. The number of nitrogens with zero attached hydrogens (tertiary/aromatic N) is 3. The molecular formula is C23H19N3O4S. The Morgan fingerprint density at radius 2 is 1.68 bits per heavy atom. The maximum absolute atomic E-state index is 13.4. The van der Waals surface area contributed by atoms with Gasteiger partial charge in [0.25, 0.3) is 5.56 Å². The highest BCUT2D eigenvalue weighted by molar-refractivity contribution is 7.07. The van der Waals surface area contributed by atoms with Gasteiger partial charge in [0.05, 0.1) is 31.5 Å². The number of hydrogen-bond acceptors (Lipinski definition) is 7. The number of nitriles is 2. The van der Waals surface area contributed by atoms with E-state index in [9.17, 15) is 15.3 Å². The summed E-state index contributed by atoms with van der Waals surface area (Å²) in [5, 5.41) is 18.9. The first kappa shape index (κ1) is 21.7. The first-order valence-electron chi connectivity index (χ1n) is 9.13. The fourth-order valence-electron chi connectivity index (χ4n) is 3.18. The zero-order valence-electron chi connectivity index (χ0n) is 17.4. The third kappa shape index (κ3) is 3.89. The lowest BCUT2D eigenvalue weighted by Gasteiger charge is -2.13. The van der Waals surface area contributed by atoms with E-state index in [1.54, 1.807) is 30.3 Å². The highest BCUT2D eigenvalue weighted by atomic mass is 32.1. The Morgan fingerprint density at radius 1 is 1.00 bits per heavy atom. The summed E-state index contributed by atoms with van der Waals surface area (Å²) in [5.41, 5.74) is 1.57. The molecule has 8 heteroatoms. The molecule has 3 aromatic rings. The summed E-state index contributed by atoms with van der Waals surface area (Å²) in [6, 6.07) is 14.5. The third-order valence-electron chi connectivity index (χ3n) is 4.64. The van der Waals surface area contributed by atoms with Crippen LogP contribution in [0.25, 0.3) is 17.3 Å². The largest absolute Gasteiger partial charge is 0.493 e. The van der Waals surface area contributed by atoms with Crippen molar-refractivity contribution in [1.82, 2.24) is 4.57 Å². The third-order valence-corrected chi connectivity index (χ3v) is 5.73. The summed E-state index contributed by atoms with van der Waals surface area (Å²) >= 11 is 1.07. The summed E-state index contributed by atoms with van der Waals surface area (Å²) in [6.45, 7) is 1.86. The molecule has 31 heavy (non-hydrogen) atoms. The van der Waals surface area contributed by atoms with Crippen LogP contribution in [-0.2, 0) is 0 Å². The number of thiazole rings is 1. The van der Waals surface area contributed by atoms with Crippen molar-refractivity contribution < 1.29 is 14.2 Å². The lowest BCUT2D eigenvalue weighted by molar-refractivity contribution is 0.324. The van der Waals surface area contributed by atoms with E-state index in [-0.39, 0.29) is 15.8 Å². The van der Waals surface area contributed by atoms with E-state index in [1.165, 1.54) is 25.9 Å². The van der Waals surface area contributed by atoms with Gasteiger partial charge in [-0.15, -0.1) is 11.3 Å². The molecule has 0 unspecified atom stereocenters. The van der Waals surface area contributed by atoms with Crippen molar-refractivity contribution in [3.8, 4) is 35.1 Å². The standard InChI is InChI=1S/C23H19N3O4S/c1-14-7-5-6-8-17(14)26-22(27)19(31-23(26)16(12-24)13-25)11-15-9-10-18(28-2)21(30-4)20(15)29-3/h5-11H,1-4H3. The molecule has 0 saturated heterocycles. The molecule has 0 amide bonds. The van der Waals surface area contributed by atoms with Crippen LogP contribution in [0.2, 0.25) is 0 Å². The van der Waals surface area contributed by atoms with Gasteiger partial charge in [0, 0.05) is 5.56 Å². The van der Waals surface area contributed by atoms with Gasteiger partial charge < -0.3 is 14.2 Å². The number of methoxy groups -OCH3 is 3. The summed E-state index contributed by atoms with van der Waals surface area (Å²) in [5.74, 6) is 1.30. The monoisotopic (exact) mass is 433 g/mol. The van der Waals surface area contributed by atoms with E-state index >= 15 is 0 Å². The van der Waals surface area contributed by atoms with Gasteiger partial charge >= 0.3 is 0 Å². The minimum absolute atomic E-state index is 0.135. The second kappa shape index (κ2) is 9.21. The lowest BCUT2D eigenvalue weighted by Crippen LogP contribution is -2.31. The van der Waals surface area contributed by atoms with Crippen LogP contribution in [0.3, 0.4) is 0 Å². The molecular weight excluding hydrogens is 414 g/mol. The molecule has 0 bridgehead atoms. The predicted molar refractivity (Wildman–Crippen MR) is 118 cm³/mol.